The topological polar surface area (TPSA) is 59.9 Å². The number of nitrogens with zero attached hydrogens (tertiary/aromatic N) is 1. The fourth-order valence-electron chi connectivity index (χ4n) is 2.75. The summed E-state index contributed by atoms with van der Waals surface area (Å²) in [6.45, 7) is 4.18. The van der Waals surface area contributed by atoms with Gasteiger partial charge in [-0.2, -0.15) is 0 Å². The molecule has 5 nitrogen and oxygen atoms in total. The Morgan fingerprint density at radius 1 is 1.24 bits per heavy atom. The minimum absolute atomic E-state index is 0.157. The molecule has 1 saturated heterocycles. The number of carbonyl (C=O) groups excluding carboxylic acids is 1. The molecule has 1 N–H and O–H groups in total. The number of terminal acetylenes is 1. The third-order valence-electron chi connectivity index (χ3n) is 4.10. The van der Waals surface area contributed by atoms with Gasteiger partial charge in [-0.15, -0.1) is 6.42 Å². The monoisotopic (exact) mass is 470 g/mol. The molecule has 1 aliphatic heterocycles. The smallest absolute Gasteiger partial charge is 0.264 e. The van der Waals surface area contributed by atoms with Gasteiger partial charge in [-0.1, -0.05) is 27.9 Å². The lowest BCUT2D eigenvalue weighted by atomic mass is 10.1. The number of nitrogens with one attached hydrogen (secondary N) is 1. The number of hydrogen-bond acceptors (Lipinski definition) is 5. The van der Waals surface area contributed by atoms with Gasteiger partial charge < -0.3 is 14.8 Å². The molecule has 1 fully saturated rings. The second-order valence-corrected chi connectivity index (χ2v) is 8.10. The number of benzene rings is 2. The number of amides is 1. The molecule has 2 aromatic carbocycles. The molecule has 1 aliphatic rings. The van der Waals surface area contributed by atoms with E-state index >= 15 is 0 Å². The molecule has 0 saturated carbocycles. The molecule has 0 aliphatic carbocycles. The average molecular weight is 471 g/mol. The number of thioether (sulfide) groups is 1. The molecule has 1 heterocycles. The zero-order chi connectivity index (χ0) is 21.0. The first-order valence-electron chi connectivity index (χ1n) is 8.72. The van der Waals surface area contributed by atoms with Crippen molar-refractivity contribution in [2.45, 2.75) is 13.8 Å². The van der Waals surface area contributed by atoms with Crippen LogP contribution in [0.25, 0.3) is 6.08 Å². The molecule has 0 aromatic heterocycles. The van der Waals surface area contributed by atoms with Crippen LogP contribution in [0.4, 0.5) is 5.69 Å². The van der Waals surface area contributed by atoms with Crippen molar-refractivity contribution in [1.29, 1.82) is 0 Å². The number of hydrogen-bond donors (Lipinski definition) is 1. The van der Waals surface area contributed by atoms with Crippen LogP contribution in [0.1, 0.15) is 16.7 Å². The van der Waals surface area contributed by atoms with E-state index in [0.29, 0.717) is 21.6 Å². The number of carbonyl (C=O) groups is 1. The van der Waals surface area contributed by atoms with E-state index in [2.05, 4.69) is 32.2 Å². The minimum Gasteiger partial charge on any atom is -0.493 e. The van der Waals surface area contributed by atoms with Gasteiger partial charge in [-0.3, -0.25) is 4.79 Å². The zero-order valence-corrected chi connectivity index (χ0v) is 18.6. The number of aryl methyl sites for hydroxylation is 2. The zero-order valence-electron chi connectivity index (χ0n) is 16.2. The molecule has 0 atom stereocenters. The molecular weight excluding hydrogens is 452 g/mol. The van der Waals surface area contributed by atoms with E-state index in [1.54, 1.807) is 25.3 Å². The summed E-state index contributed by atoms with van der Waals surface area (Å²) in [5, 5.41) is 3.35. The van der Waals surface area contributed by atoms with Gasteiger partial charge in [0.05, 0.1) is 17.7 Å². The third kappa shape index (κ3) is 5.03. The van der Waals surface area contributed by atoms with Crippen molar-refractivity contribution in [3.05, 3.63) is 56.4 Å². The SMILES string of the molecule is C#CCOc1ccc(/C=C2\SC(=Nc3cc(C)c(Br)c(C)c3)NC2=O)cc1OC. The van der Waals surface area contributed by atoms with Gasteiger partial charge in [0.15, 0.2) is 16.7 Å². The maximum Gasteiger partial charge on any atom is 0.264 e. The Balaban J connectivity index is 1.83. The second-order valence-electron chi connectivity index (χ2n) is 6.28. The van der Waals surface area contributed by atoms with Crippen LogP contribution in [0.3, 0.4) is 0 Å². The Morgan fingerprint density at radius 3 is 2.62 bits per heavy atom. The van der Waals surface area contributed by atoms with Crippen molar-refractivity contribution in [1.82, 2.24) is 5.32 Å². The Kier molecular flexibility index (Phi) is 6.68. The maximum atomic E-state index is 12.4. The lowest BCUT2D eigenvalue weighted by molar-refractivity contribution is -0.115. The van der Waals surface area contributed by atoms with Gasteiger partial charge in [-0.25, -0.2) is 4.99 Å². The number of halogens is 1. The quantitative estimate of drug-likeness (QED) is 0.494. The Morgan fingerprint density at radius 2 is 1.97 bits per heavy atom. The summed E-state index contributed by atoms with van der Waals surface area (Å²) in [7, 11) is 1.55. The molecule has 29 heavy (non-hydrogen) atoms. The van der Waals surface area contributed by atoms with Crippen LogP contribution in [-0.4, -0.2) is 24.8 Å². The molecular formula is C22H19BrN2O3S. The summed E-state index contributed by atoms with van der Waals surface area (Å²) in [6, 6.07) is 9.34. The molecule has 2 aromatic rings. The standard InChI is InChI=1S/C22H19BrN2O3S/c1-5-8-28-17-7-6-15(11-18(17)27-4)12-19-21(26)25-22(29-19)24-16-9-13(2)20(23)14(3)10-16/h1,6-7,9-12H,8H2,2-4H3,(H,24,25,26)/b19-12-. The van der Waals surface area contributed by atoms with E-state index in [1.807, 2.05) is 32.0 Å². The van der Waals surface area contributed by atoms with E-state index in [0.717, 1.165) is 26.9 Å². The second kappa shape index (κ2) is 9.21. The van der Waals surface area contributed by atoms with Crippen molar-refractivity contribution in [2.75, 3.05) is 13.7 Å². The lowest BCUT2D eigenvalue weighted by Crippen LogP contribution is -2.19. The van der Waals surface area contributed by atoms with Crippen LogP contribution >= 0.6 is 27.7 Å². The average Bonchev–Trinajstić information content (AvgIpc) is 3.03. The predicted octanol–water partition coefficient (Wildman–Crippen LogP) is 4.98. The molecule has 1 amide bonds. The van der Waals surface area contributed by atoms with Gasteiger partial charge in [-0.05, 0) is 72.6 Å². The minimum atomic E-state index is -0.189. The van der Waals surface area contributed by atoms with Gasteiger partial charge in [0, 0.05) is 4.47 Å². The number of rotatable bonds is 5. The Labute approximate surface area is 182 Å². The van der Waals surface area contributed by atoms with E-state index in [1.165, 1.54) is 11.8 Å². The molecule has 148 valence electrons. The molecule has 0 unspecified atom stereocenters. The largest absolute Gasteiger partial charge is 0.493 e. The van der Waals surface area contributed by atoms with Crippen LogP contribution in [-0.2, 0) is 4.79 Å². The summed E-state index contributed by atoms with van der Waals surface area (Å²) in [6.07, 6.45) is 7.01. The lowest BCUT2D eigenvalue weighted by Gasteiger charge is -2.09. The highest BCUT2D eigenvalue weighted by Gasteiger charge is 2.24. The summed E-state index contributed by atoms with van der Waals surface area (Å²) in [5.41, 5.74) is 3.79. The number of aliphatic imine (C=N–C) groups is 1. The van der Waals surface area contributed by atoms with Gasteiger partial charge >= 0.3 is 0 Å². The molecule has 3 rings (SSSR count). The van der Waals surface area contributed by atoms with Gasteiger partial charge in [0.2, 0.25) is 0 Å². The van der Waals surface area contributed by atoms with E-state index in [-0.39, 0.29) is 12.5 Å². The number of methoxy groups -OCH3 is 1. The number of amidine groups is 1. The van der Waals surface area contributed by atoms with E-state index in [9.17, 15) is 4.79 Å². The van der Waals surface area contributed by atoms with Crippen molar-refractivity contribution in [3.63, 3.8) is 0 Å². The first-order valence-corrected chi connectivity index (χ1v) is 10.3. The fourth-order valence-corrected chi connectivity index (χ4v) is 3.82. The van der Waals surface area contributed by atoms with Crippen molar-refractivity contribution < 1.29 is 14.3 Å². The highest BCUT2D eigenvalue weighted by Crippen LogP contribution is 2.33. The summed E-state index contributed by atoms with van der Waals surface area (Å²) in [4.78, 5) is 17.5. The van der Waals surface area contributed by atoms with Crippen molar-refractivity contribution in [2.24, 2.45) is 4.99 Å². The summed E-state index contributed by atoms with van der Waals surface area (Å²) in [5.74, 6) is 3.33. The fraction of sp³-hybridized carbons (Fsp3) is 0.182. The highest BCUT2D eigenvalue weighted by molar-refractivity contribution is 9.10. The maximum absolute atomic E-state index is 12.4. The molecule has 7 heteroatoms. The summed E-state index contributed by atoms with van der Waals surface area (Å²) >= 11 is 4.85. The van der Waals surface area contributed by atoms with Gasteiger partial charge in [0.1, 0.15) is 6.61 Å². The molecule has 0 spiro atoms. The first-order chi connectivity index (χ1) is 13.9. The van der Waals surface area contributed by atoms with Crippen LogP contribution in [0.2, 0.25) is 0 Å². The van der Waals surface area contributed by atoms with Crippen molar-refractivity contribution >= 4 is 50.5 Å². The van der Waals surface area contributed by atoms with E-state index in [4.69, 9.17) is 15.9 Å². The van der Waals surface area contributed by atoms with Crippen molar-refractivity contribution in [3.8, 4) is 23.8 Å². The third-order valence-corrected chi connectivity index (χ3v) is 6.26. The Hall–Kier alpha value is -2.69. The molecule has 0 bridgehead atoms. The number of ether oxygens (including phenoxy) is 2. The normalized spacial score (nSPS) is 16.0. The summed E-state index contributed by atoms with van der Waals surface area (Å²) < 4.78 is 11.9. The van der Waals surface area contributed by atoms with Crippen LogP contribution < -0.4 is 14.8 Å². The van der Waals surface area contributed by atoms with E-state index < -0.39 is 0 Å². The first kappa shape index (κ1) is 21.0. The van der Waals surface area contributed by atoms with Gasteiger partial charge in [0.25, 0.3) is 5.91 Å². The predicted molar refractivity (Wildman–Crippen MR) is 122 cm³/mol. The van der Waals surface area contributed by atoms with Crippen LogP contribution in [0, 0.1) is 26.2 Å². The van der Waals surface area contributed by atoms with Crippen LogP contribution in [0.5, 0.6) is 11.5 Å². The Bertz CT molecular complexity index is 1050. The highest BCUT2D eigenvalue weighted by atomic mass is 79.9. The molecule has 0 radical (unpaired) electrons. The van der Waals surface area contributed by atoms with Crippen LogP contribution in [0.15, 0.2) is 44.7 Å².